The lowest BCUT2D eigenvalue weighted by atomic mass is 10.3. The average Bonchev–Trinajstić information content (AvgIpc) is 2.35. The summed E-state index contributed by atoms with van der Waals surface area (Å²) in [5.74, 6) is 0. The topological polar surface area (TPSA) is 37.4 Å². The second-order valence-electron chi connectivity index (χ2n) is 3.90. The van der Waals surface area contributed by atoms with Crippen LogP contribution in [0.25, 0.3) is 0 Å². The van der Waals surface area contributed by atoms with Gasteiger partial charge in [-0.05, 0) is 30.7 Å². The summed E-state index contributed by atoms with van der Waals surface area (Å²) in [5, 5.41) is 0.645. The van der Waals surface area contributed by atoms with E-state index in [-0.39, 0.29) is 0 Å². The van der Waals surface area contributed by atoms with Crippen molar-refractivity contribution in [2.24, 2.45) is 0 Å². The summed E-state index contributed by atoms with van der Waals surface area (Å²) in [7, 11) is -3.37. The molecule has 18 heavy (non-hydrogen) atoms. The number of sulfonamides is 1. The molecule has 0 aliphatic rings. The van der Waals surface area contributed by atoms with Crippen LogP contribution >= 0.6 is 31.9 Å². The molecule has 0 unspecified atom stereocenters. The molecule has 0 N–H and O–H groups in total. The van der Waals surface area contributed by atoms with E-state index in [0.717, 1.165) is 17.3 Å². The Labute approximate surface area is 126 Å². The molecule has 3 nitrogen and oxygen atoms in total. The maximum atomic E-state index is 12.4. The molecule has 0 heterocycles. The fourth-order valence-electron chi connectivity index (χ4n) is 1.54. The third kappa shape index (κ3) is 4.33. The second-order valence-corrected chi connectivity index (χ2v) is 7.55. The van der Waals surface area contributed by atoms with Crippen molar-refractivity contribution in [3.8, 4) is 0 Å². The molecule has 0 aliphatic carbocycles. The van der Waals surface area contributed by atoms with Gasteiger partial charge in [-0.15, -0.1) is 0 Å². The molecule has 0 aromatic heterocycles. The Kier molecular flexibility index (Phi) is 6.84. The normalized spacial score (nSPS) is 12.0. The first kappa shape index (κ1) is 16.1. The van der Waals surface area contributed by atoms with Crippen molar-refractivity contribution in [2.45, 2.75) is 24.7 Å². The largest absolute Gasteiger partial charge is 0.243 e. The number of halogens is 2. The Balaban J connectivity index is 2.96. The van der Waals surface area contributed by atoms with E-state index < -0.39 is 10.0 Å². The lowest BCUT2D eigenvalue weighted by Crippen LogP contribution is -2.33. The van der Waals surface area contributed by atoms with Crippen molar-refractivity contribution in [2.75, 3.05) is 18.4 Å². The van der Waals surface area contributed by atoms with Crippen molar-refractivity contribution in [1.82, 2.24) is 4.31 Å². The quantitative estimate of drug-likeness (QED) is 0.657. The van der Waals surface area contributed by atoms with Gasteiger partial charge in [0.05, 0.1) is 4.90 Å². The van der Waals surface area contributed by atoms with Gasteiger partial charge in [0.1, 0.15) is 0 Å². The average molecular weight is 399 g/mol. The van der Waals surface area contributed by atoms with Crippen molar-refractivity contribution < 1.29 is 8.42 Å². The Morgan fingerprint density at radius 1 is 1.17 bits per heavy atom. The Bertz CT molecular complexity index is 459. The van der Waals surface area contributed by atoms with Crippen LogP contribution in [-0.2, 0) is 10.0 Å². The predicted molar refractivity (Wildman–Crippen MR) is 81.6 cm³/mol. The minimum absolute atomic E-state index is 0.350. The highest BCUT2D eigenvalue weighted by atomic mass is 79.9. The molecule has 0 atom stereocenters. The van der Waals surface area contributed by atoms with Crippen LogP contribution in [0.4, 0.5) is 0 Å². The summed E-state index contributed by atoms with van der Waals surface area (Å²) < 4.78 is 27.3. The molecule has 1 rings (SSSR count). The van der Waals surface area contributed by atoms with E-state index in [2.05, 4.69) is 38.8 Å². The maximum Gasteiger partial charge on any atom is 0.243 e. The molecule has 6 heteroatoms. The zero-order valence-corrected chi connectivity index (χ0v) is 14.3. The van der Waals surface area contributed by atoms with Gasteiger partial charge >= 0.3 is 0 Å². The number of nitrogens with zero attached hydrogens (tertiary/aromatic N) is 1. The van der Waals surface area contributed by atoms with Gasteiger partial charge in [-0.2, -0.15) is 4.31 Å². The first-order valence-corrected chi connectivity index (χ1v) is 9.19. The summed E-state index contributed by atoms with van der Waals surface area (Å²) >= 11 is 6.61. The van der Waals surface area contributed by atoms with E-state index in [0.29, 0.717) is 23.3 Å². The fraction of sp³-hybridized carbons (Fsp3) is 0.500. The van der Waals surface area contributed by atoms with E-state index in [1.54, 1.807) is 24.3 Å². The standard InChI is InChI=1S/C12H17Br2NO2S/c1-2-3-9-15(10-8-13)18(16,17)12-6-4-11(14)5-7-12/h4-7H,2-3,8-10H2,1H3. The maximum absolute atomic E-state index is 12.4. The van der Waals surface area contributed by atoms with Gasteiger partial charge in [0.15, 0.2) is 0 Å². The van der Waals surface area contributed by atoms with Crippen molar-refractivity contribution in [1.29, 1.82) is 0 Å². The van der Waals surface area contributed by atoms with E-state index in [4.69, 9.17) is 0 Å². The van der Waals surface area contributed by atoms with E-state index in [1.807, 2.05) is 0 Å². The van der Waals surface area contributed by atoms with Crippen molar-refractivity contribution >= 4 is 41.9 Å². The van der Waals surface area contributed by atoms with Crippen LogP contribution < -0.4 is 0 Å². The summed E-state index contributed by atoms with van der Waals surface area (Å²) in [5.41, 5.74) is 0. The molecular formula is C12H17Br2NO2S. The monoisotopic (exact) mass is 397 g/mol. The number of hydrogen-bond donors (Lipinski definition) is 0. The predicted octanol–water partition coefficient (Wildman–Crippen LogP) is 3.63. The van der Waals surface area contributed by atoms with E-state index in [1.165, 1.54) is 4.31 Å². The molecule has 0 fully saturated rings. The van der Waals surface area contributed by atoms with Crippen LogP contribution in [0.15, 0.2) is 33.6 Å². The zero-order valence-electron chi connectivity index (χ0n) is 10.3. The molecule has 0 radical (unpaired) electrons. The summed E-state index contributed by atoms with van der Waals surface area (Å²) in [6.45, 7) is 3.12. The number of benzene rings is 1. The zero-order chi connectivity index (χ0) is 13.6. The van der Waals surface area contributed by atoms with E-state index in [9.17, 15) is 8.42 Å². The molecule has 1 aromatic rings. The smallest absolute Gasteiger partial charge is 0.207 e. The third-order valence-corrected chi connectivity index (χ3v) is 5.34. The molecule has 0 aliphatic heterocycles. The number of rotatable bonds is 7. The number of unbranched alkanes of at least 4 members (excludes halogenated alkanes) is 1. The van der Waals surface area contributed by atoms with E-state index >= 15 is 0 Å². The molecule has 102 valence electrons. The first-order valence-electron chi connectivity index (χ1n) is 5.84. The molecular weight excluding hydrogens is 382 g/mol. The second kappa shape index (κ2) is 7.62. The van der Waals surface area contributed by atoms with Gasteiger partial charge in [0.2, 0.25) is 10.0 Å². The minimum Gasteiger partial charge on any atom is -0.207 e. The van der Waals surface area contributed by atoms with Gasteiger partial charge in [-0.25, -0.2) is 8.42 Å². The first-order chi connectivity index (χ1) is 8.52. The van der Waals surface area contributed by atoms with Gasteiger partial charge in [-0.3, -0.25) is 0 Å². The van der Waals surface area contributed by atoms with Crippen LogP contribution in [0.3, 0.4) is 0 Å². The summed E-state index contributed by atoms with van der Waals surface area (Å²) in [6.07, 6.45) is 1.86. The highest BCUT2D eigenvalue weighted by Crippen LogP contribution is 2.19. The SMILES string of the molecule is CCCCN(CCBr)S(=O)(=O)c1ccc(Br)cc1. The van der Waals surface area contributed by atoms with Gasteiger partial charge in [0.25, 0.3) is 0 Å². The number of alkyl halides is 1. The highest BCUT2D eigenvalue weighted by Gasteiger charge is 2.23. The van der Waals surface area contributed by atoms with Crippen LogP contribution in [0.2, 0.25) is 0 Å². The van der Waals surface area contributed by atoms with Gasteiger partial charge in [0, 0.05) is 22.9 Å². The van der Waals surface area contributed by atoms with Crippen molar-refractivity contribution in [3.05, 3.63) is 28.7 Å². The summed E-state index contributed by atoms with van der Waals surface area (Å²) in [6, 6.07) is 6.76. The van der Waals surface area contributed by atoms with Crippen molar-refractivity contribution in [3.63, 3.8) is 0 Å². The van der Waals surface area contributed by atoms with Gasteiger partial charge in [-0.1, -0.05) is 45.2 Å². The molecule has 0 saturated heterocycles. The molecule has 0 spiro atoms. The molecule has 0 saturated carbocycles. The Morgan fingerprint density at radius 2 is 1.78 bits per heavy atom. The fourth-order valence-corrected chi connectivity index (χ4v) is 3.94. The Morgan fingerprint density at radius 3 is 2.28 bits per heavy atom. The molecule has 1 aromatic carbocycles. The molecule has 0 bridgehead atoms. The summed E-state index contributed by atoms with van der Waals surface area (Å²) in [4.78, 5) is 0.350. The van der Waals surface area contributed by atoms with Gasteiger partial charge < -0.3 is 0 Å². The number of hydrogen-bond acceptors (Lipinski definition) is 2. The molecule has 0 amide bonds. The highest BCUT2D eigenvalue weighted by molar-refractivity contribution is 9.10. The van der Waals surface area contributed by atoms with Crippen LogP contribution in [0.5, 0.6) is 0 Å². The minimum atomic E-state index is -3.37. The van der Waals surface area contributed by atoms with Crippen LogP contribution in [-0.4, -0.2) is 31.1 Å². The lowest BCUT2D eigenvalue weighted by molar-refractivity contribution is 0.422. The van der Waals surface area contributed by atoms with Crippen LogP contribution in [0, 0.1) is 0 Å². The lowest BCUT2D eigenvalue weighted by Gasteiger charge is -2.21. The van der Waals surface area contributed by atoms with Crippen LogP contribution in [0.1, 0.15) is 19.8 Å². The third-order valence-electron chi connectivity index (χ3n) is 2.55. The Hall–Kier alpha value is 0.0900.